The van der Waals surface area contributed by atoms with Crippen molar-refractivity contribution in [3.05, 3.63) is 33.8 Å². The van der Waals surface area contributed by atoms with E-state index in [4.69, 9.17) is 23.2 Å². The predicted octanol–water partition coefficient (Wildman–Crippen LogP) is 3.59. The van der Waals surface area contributed by atoms with Crippen molar-refractivity contribution in [2.75, 3.05) is 13.1 Å². The Labute approximate surface area is 119 Å². The van der Waals surface area contributed by atoms with Crippen LogP contribution >= 0.6 is 23.2 Å². The van der Waals surface area contributed by atoms with E-state index in [1.807, 2.05) is 19.1 Å². The Bertz CT molecular complexity index is 381. The van der Waals surface area contributed by atoms with Gasteiger partial charge in [-0.1, -0.05) is 23.2 Å². The van der Waals surface area contributed by atoms with Crippen molar-refractivity contribution in [2.24, 2.45) is 5.92 Å². The zero-order valence-corrected chi connectivity index (χ0v) is 12.1. The zero-order chi connectivity index (χ0) is 13.1. The van der Waals surface area contributed by atoms with Gasteiger partial charge in [0, 0.05) is 16.6 Å². The normalized spacial score (nSPS) is 20.0. The van der Waals surface area contributed by atoms with Gasteiger partial charge in [-0.2, -0.15) is 0 Å². The number of hydrogen-bond acceptors (Lipinski definition) is 2. The van der Waals surface area contributed by atoms with E-state index in [0.717, 1.165) is 38.0 Å². The third-order valence-electron chi connectivity index (χ3n) is 3.64. The van der Waals surface area contributed by atoms with Crippen LogP contribution in [0.5, 0.6) is 0 Å². The van der Waals surface area contributed by atoms with Crippen molar-refractivity contribution < 1.29 is 5.11 Å². The van der Waals surface area contributed by atoms with Gasteiger partial charge in [-0.3, -0.25) is 4.90 Å². The van der Waals surface area contributed by atoms with Crippen LogP contribution in [0.3, 0.4) is 0 Å². The molecule has 0 aliphatic carbocycles. The molecule has 1 aromatic carbocycles. The summed E-state index contributed by atoms with van der Waals surface area (Å²) in [6.07, 6.45) is 1.94. The van der Waals surface area contributed by atoms with Crippen LogP contribution in [-0.2, 0) is 6.54 Å². The van der Waals surface area contributed by atoms with E-state index in [0.29, 0.717) is 16.0 Å². The topological polar surface area (TPSA) is 23.5 Å². The molecule has 0 radical (unpaired) electrons. The lowest BCUT2D eigenvalue weighted by Gasteiger charge is -2.33. The predicted molar refractivity (Wildman–Crippen MR) is 76.1 cm³/mol. The van der Waals surface area contributed by atoms with Gasteiger partial charge in [0.15, 0.2) is 0 Å². The van der Waals surface area contributed by atoms with Gasteiger partial charge in [0.2, 0.25) is 0 Å². The summed E-state index contributed by atoms with van der Waals surface area (Å²) in [7, 11) is 0. The molecule has 2 nitrogen and oxygen atoms in total. The van der Waals surface area contributed by atoms with Crippen molar-refractivity contribution in [1.29, 1.82) is 0 Å². The van der Waals surface area contributed by atoms with Crippen LogP contribution in [0.4, 0.5) is 0 Å². The summed E-state index contributed by atoms with van der Waals surface area (Å²) in [5.41, 5.74) is 1.16. The Kier molecular flexibility index (Phi) is 4.91. The molecule has 1 N–H and O–H groups in total. The molecular formula is C14H19Cl2NO. The summed E-state index contributed by atoms with van der Waals surface area (Å²) < 4.78 is 0. The molecule has 0 saturated carbocycles. The van der Waals surface area contributed by atoms with Crippen LogP contribution in [-0.4, -0.2) is 29.2 Å². The lowest BCUT2D eigenvalue weighted by molar-refractivity contribution is 0.0695. The first-order valence-corrected chi connectivity index (χ1v) is 7.15. The molecule has 1 heterocycles. The van der Waals surface area contributed by atoms with Crippen molar-refractivity contribution in [3.63, 3.8) is 0 Å². The van der Waals surface area contributed by atoms with Crippen molar-refractivity contribution in [1.82, 2.24) is 4.90 Å². The van der Waals surface area contributed by atoms with Crippen LogP contribution in [0, 0.1) is 5.92 Å². The minimum Gasteiger partial charge on any atom is -0.393 e. The summed E-state index contributed by atoms with van der Waals surface area (Å²) in [6.45, 7) is 4.82. The molecule has 0 aromatic heterocycles. The minimum atomic E-state index is -0.187. The second kappa shape index (κ2) is 6.25. The maximum absolute atomic E-state index is 9.57. The fourth-order valence-corrected chi connectivity index (χ4v) is 3.13. The quantitative estimate of drug-likeness (QED) is 0.919. The van der Waals surface area contributed by atoms with E-state index in [1.165, 1.54) is 0 Å². The van der Waals surface area contributed by atoms with Crippen molar-refractivity contribution in [3.8, 4) is 0 Å². The van der Waals surface area contributed by atoms with E-state index in [9.17, 15) is 5.11 Å². The maximum Gasteiger partial charge on any atom is 0.0541 e. The highest BCUT2D eigenvalue weighted by Gasteiger charge is 2.22. The molecule has 1 fully saturated rings. The largest absolute Gasteiger partial charge is 0.393 e. The van der Waals surface area contributed by atoms with Gasteiger partial charge in [-0.05, 0) is 62.5 Å². The SMILES string of the molecule is CC(O)C1CCN(Cc2cc(Cl)cc(Cl)c2)CC1. The number of rotatable bonds is 3. The first kappa shape index (κ1) is 14.1. The van der Waals surface area contributed by atoms with Crippen LogP contribution in [0.1, 0.15) is 25.3 Å². The Morgan fingerprint density at radius 1 is 1.22 bits per heavy atom. The molecule has 1 aromatic rings. The molecule has 18 heavy (non-hydrogen) atoms. The monoisotopic (exact) mass is 287 g/mol. The van der Waals surface area contributed by atoms with E-state index >= 15 is 0 Å². The van der Waals surface area contributed by atoms with E-state index in [2.05, 4.69) is 4.90 Å². The van der Waals surface area contributed by atoms with Gasteiger partial charge in [0.05, 0.1) is 6.10 Å². The number of nitrogens with zero attached hydrogens (tertiary/aromatic N) is 1. The van der Waals surface area contributed by atoms with Gasteiger partial charge in [-0.15, -0.1) is 0 Å². The van der Waals surface area contributed by atoms with E-state index in [1.54, 1.807) is 6.07 Å². The minimum absolute atomic E-state index is 0.187. The third kappa shape index (κ3) is 3.86. The van der Waals surface area contributed by atoms with E-state index < -0.39 is 0 Å². The molecule has 0 bridgehead atoms. The fourth-order valence-electron chi connectivity index (χ4n) is 2.55. The number of likely N-dealkylation sites (tertiary alicyclic amines) is 1. The second-order valence-electron chi connectivity index (χ2n) is 5.13. The van der Waals surface area contributed by atoms with Gasteiger partial charge < -0.3 is 5.11 Å². The zero-order valence-electron chi connectivity index (χ0n) is 10.6. The highest BCUT2D eigenvalue weighted by atomic mass is 35.5. The number of aliphatic hydroxyl groups excluding tert-OH is 1. The highest BCUT2D eigenvalue weighted by Crippen LogP contribution is 2.24. The summed E-state index contributed by atoms with van der Waals surface area (Å²) in [4.78, 5) is 2.39. The molecule has 2 rings (SSSR count). The first-order valence-electron chi connectivity index (χ1n) is 6.40. The Morgan fingerprint density at radius 2 is 1.78 bits per heavy atom. The van der Waals surface area contributed by atoms with Gasteiger partial charge in [-0.25, -0.2) is 0 Å². The van der Waals surface area contributed by atoms with Crippen molar-refractivity contribution in [2.45, 2.75) is 32.4 Å². The summed E-state index contributed by atoms with van der Waals surface area (Å²) >= 11 is 12.0. The Hall–Kier alpha value is -0.280. The van der Waals surface area contributed by atoms with Crippen molar-refractivity contribution >= 4 is 23.2 Å². The number of halogens is 2. The Morgan fingerprint density at radius 3 is 2.28 bits per heavy atom. The molecule has 1 aliphatic rings. The number of aliphatic hydroxyl groups is 1. The van der Waals surface area contributed by atoms with Crippen LogP contribution in [0.2, 0.25) is 10.0 Å². The molecule has 1 saturated heterocycles. The molecule has 100 valence electrons. The highest BCUT2D eigenvalue weighted by molar-refractivity contribution is 6.34. The third-order valence-corrected chi connectivity index (χ3v) is 4.08. The Balaban J connectivity index is 1.91. The molecular weight excluding hydrogens is 269 g/mol. The number of piperidine rings is 1. The molecule has 1 atom stereocenters. The molecule has 1 unspecified atom stereocenters. The van der Waals surface area contributed by atoms with E-state index in [-0.39, 0.29) is 6.10 Å². The molecule has 4 heteroatoms. The van der Waals surface area contributed by atoms with Crippen LogP contribution < -0.4 is 0 Å². The van der Waals surface area contributed by atoms with Gasteiger partial charge >= 0.3 is 0 Å². The average molecular weight is 288 g/mol. The van der Waals surface area contributed by atoms with Crippen LogP contribution in [0.25, 0.3) is 0 Å². The number of benzene rings is 1. The fraction of sp³-hybridized carbons (Fsp3) is 0.571. The first-order chi connectivity index (χ1) is 8.54. The summed E-state index contributed by atoms with van der Waals surface area (Å²) in [5.74, 6) is 0.448. The van der Waals surface area contributed by atoms with Crippen LogP contribution in [0.15, 0.2) is 18.2 Å². The maximum atomic E-state index is 9.57. The summed E-state index contributed by atoms with van der Waals surface area (Å²) in [6, 6.07) is 5.69. The number of hydrogen-bond donors (Lipinski definition) is 1. The lowest BCUT2D eigenvalue weighted by Crippen LogP contribution is -2.36. The molecule has 0 amide bonds. The van der Waals surface area contributed by atoms with Gasteiger partial charge in [0.1, 0.15) is 0 Å². The second-order valence-corrected chi connectivity index (χ2v) is 6.00. The molecule has 1 aliphatic heterocycles. The smallest absolute Gasteiger partial charge is 0.0541 e. The molecule has 0 spiro atoms. The lowest BCUT2D eigenvalue weighted by atomic mass is 9.92. The standard InChI is InChI=1S/C14H19Cl2NO/c1-10(18)12-2-4-17(5-3-12)9-11-6-13(15)8-14(16)7-11/h6-8,10,12,18H,2-5,9H2,1H3. The average Bonchev–Trinajstić information content (AvgIpc) is 2.28. The summed E-state index contributed by atoms with van der Waals surface area (Å²) in [5, 5.41) is 11.0. The van der Waals surface area contributed by atoms with Gasteiger partial charge in [0.25, 0.3) is 0 Å².